The first-order valence-electron chi connectivity index (χ1n) is 7.23. The van der Waals surface area contributed by atoms with E-state index in [4.69, 9.17) is 4.74 Å². The molecule has 0 radical (unpaired) electrons. The highest BCUT2D eigenvalue weighted by Gasteiger charge is 2.49. The second kappa shape index (κ2) is 4.53. The number of nitrogens with zero attached hydrogens (tertiary/aromatic N) is 2. The van der Waals surface area contributed by atoms with Gasteiger partial charge in [-0.25, -0.2) is 4.79 Å². The fraction of sp³-hybridized carbons (Fsp3) is 0.412. The van der Waals surface area contributed by atoms with Crippen LogP contribution in [0.5, 0.6) is 0 Å². The highest BCUT2D eigenvalue weighted by Crippen LogP contribution is 2.42. The molecule has 0 fully saturated rings. The Morgan fingerprint density at radius 3 is 2.86 bits per heavy atom. The molecule has 0 bridgehead atoms. The van der Waals surface area contributed by atoms with Crippen LogP contribution in [0.4, 0.5) is 5.69 Å². The van der Waals surface area contributed by atoms with Crippen LogP contribution in [0, 0.1) is 0 Å². The molecule has 2 heterocycles. The van der Waals surface area contributed by atoms with Gasteiger partial charge in [0.1, 0.15) is 17.5 Å². The highest BCUT2D eigenvalue weighted by atomic mass is 16.6. The van der Waals surface area contributed by atoms with Gasteiger partial charge in [-0.15, -0.1) is 0 Å². The summed E-state index contributed by atoms with van der Waals surface area (Å²) in [5.41, 5.74) is 2.96. The lowest BCUT2D eigenvalue weighted by Crippen LogP contribution is -2.52. The SMILES string of the molecule is CC(C)(C)OC(=O)C1Cc2cccc3c2[N+]1(C)C=CN=C3. The Bertz CT molecular complexity index is 655. The number of esters is 1. The van der Waals surface area contributed by atoms with Gasteiger partial charge in [0, 0.05) is 18.2 Å². The summed E-state index contributed by atoms with van der Waals surface area (Å²) in [7, 11) is 2.05. The van der Waals surface area contributed by atoms with Gasteiger partial charge in [-0.2, -0.15) is 0 Å². The van der Waals surface area contributed by atoms with Crippen molar-refractivity contribution in [3.05, 3.63) is 41.7 Å². The maximum Gasteiger partial charge on any atom is 0.366 e. The molecule has 3 rings (SSSR count). The van der Waals surface area contributed by atoms with Crippen molar-refractivity contribution in [1.29, 1.82) is 0 Å². The van der Waals surface area contributed by atoms with Crippen molar-refractivity contribution in [3.63, 3.8) is 0 Å². The molecule has 0 saturated carbocycles. The Kier molecular flexibility index (Phi) is 3.02. The molecule has 0 spiro atoms. The zero-order valence-corrected chi connectivity index (χ0v) is 13.0. The molecule has 4 nitrogen and oxygen atoms in total. The maximum absolute atomic E-state index is 12.6. The molecule has 110 valence electrons. The molecule has 0 amide bonds. The van der Waals surface area contributed by atoms with Gasteiger partial charge >= 0.3 is 5.97 Å². The van der Waals surface area contributed by atoms with Crippen molar-refractivity contribution in [2.75, 3.05) is 7.05 Å². The lowest BCUT2D eigenvalue weighted by molar-refractivity contribution is -0.159. The summed E-state index contributed by atoms with van der Waals surface area (Å²) in [6.07, 6.45) is 6.31. The van der Waals surface area contributed by atoms with Crippen LogP contribution in [0.2, 0.25) is 0 Å². The zero-order valence-electron chi connectivity index (χ0n) is 13.0. The smallest absolute Gasteiger partial charge is 0.366 e. The number of benzene rings is 1. The van der Waals surface area contributed by atoms with Crippen molar-refractivity contribution < 1.29 is 9.53 Å². The molecule has 2 aliphatic heterocycles. The average Bonchev–Trinajstić information content (AvgIpc) is 2.56. The number of likely N-dealkylation sites (N-methyl/N-ethyl adjacent to an activating group) is 1. The van der Waals surface area contributed by atoms with Gasteiger partial charge in [-0.3, -0.25) is 9.48 Å². The van der Waals surface area contributed by atoms with Crippen molar-refractivity contribution in [2.24, 2.45) is 4.99 Å². The van der Waals surface area contributed by atoms with E-state index < -0.39 is 5.60 Å². The number of hydrogen-bond acceptors (Lipinski definition) is 3. The van der Waals surface area contributed by atoms with Gasteiger partial charge in [0.05, 0.1) is 18.8 Å². The van der Waals surface area contributed by atoms with Crippen LogP contribution in [0.15, 0.2) is 35.6 Å². The van der Waals surface area contributed by atoms with E-state index in [1.165, 1.54) is 5.56 Å². The molecule has 0 saturated heterocycles. The summed E-state index contributed by atoms with van der Waals surface area (Å²) in [5.74, 6) is -0.154. The van der Waals surface area contributed by atoms with Crippen LogP contribution in [0.1, 0.15) is 31.9 Å². The Morgan fingerprint density at radius 2 is 2.14 bits per heavy atom. The van der Waals surface area contributed by atoms with Gasteiger partial charge < -0.3 is 4.74 Å². The monoisotopic (exact) mass is 285 g/mol. The van der Waals surface area contributed by atoms with Crippen molar-refractivity contribution in [1.82, 2.24) is 4.48 Å². The topological polar surface area (TPSA) is 38.7 Å². The summed E-state index contributed by atoms with van der Waals surface area (Å²) in [4.78, 5) is 16.9. The van der Waals surface area contributed by atoms with E-state index in [2.05, 4.69) is 18.1 Å². The van der Waals surface area contributed by atoms with Gasteiger partial charge in [-0.05, 0) is 26.8 Å². The second-order valence-corrected chi connectivity index (χ2v) is 6.83. The fourth-order valence-corrected chi connectivity index (χ4v) is 3.17. The predicted octanol–water partition coefficient (Wildman–Crippen LogP) is 2.79. The predicted molar refractivity (Wildman–Crippen MR) is 84.2 cm³/mol. The van der Waals surface area contributed by atoms with Gasteiger partial charge in [0.25, 0.3) is 0 Å². The Labute approximate surface area is 125 Å². The van der Waals surface area contributed by atoms with Gasteiger partial charge in [-0.1, -0.05) is 12.1 Å². The number of para-hydroxylation sites is 1. The molecule has 2 atom stereocenters. The van der Waals surface area contributed by atoms with Crippen molar-refractivity contribution in [2.45, 2.75) is 38.8 Å². The minimum Gasteiger partial charge on any atom is -0.456 e. The molecule has 0 aliphatic carbocycles. The number of aliphatic imine (C=N–C) groups is 1. The average molecular weight is 285 g/mol. The molecule has 21 heavy (non-hydrogen) atoms. The van der Waals surface area contributed by atoms with Crippen LogP contribution >= 0.6 is 0 Å². The summed E-state index contributed by atoms with van der Waals surface area (Å²) in [6.45, 7) is 5.71. The number of quaternary nitrogens is 1. The van der Waals surface area contributed by atoms with Gasteiger partial charge in [0.15, 0.2) is 0 Å². The summed E-state index contributed by atoms with van der Waals surface area (Å²) < 4.78 is 6.06. The highest BCUT2D eigenvalue weighted by molar-refractivity contribution is 5.93. The first kappa shape index (κ1) is 14.0. The van der Waals surface area contributed by atoms with E-state index in [1.807, 2.05) is 45.3 Å². The van der Waals surface area contributed by atoms with Crippen LogP contribution in [0.3, 0.4) is 0 Å². The standard InChI is InChI=1S/C17H21N2O2/c1-17(2,3)21-16(20)14-10-12-6-5-7-13-11-18-8-9-19(14,4)15(12)13/h5-9,11,14H,10H2,1-4H3/q+1. The number of hydrogen-bond donors (Lipinski definition) is 0. The summed E-state index contributed by atoms with van der Waals surface area (Å²) in [5, 5.41) is 0. The number of carbonyl (C=O) groups excluding carboxylic acids is 1. The van der Waals surface area contributed by atoms with Crippen LogP contribution in [-0.2, 0) is 16.0 Å². The molecule has 0 N–H and O–H groups in total. The Balaban J connectivity index is 2.05. The van der Waals surface area contributed by atoms with Crippen LogP contribution < -0.4 is 4.48 Å². The number of carbonyl (C=O) groups is 1. The van der Waals surface area contributed by atoms with Crippen molar-refractivity contribution in [3.8, 4) is 0 Å². The van der Waals surface area contributed by atoms with E-state index >= 15 is 0 Å². The quantitative estimate of drug-likeness (QED) is 0.588. The maximum atomic E-state index is 12.6. The van der Waals surface area contributed by atoms with Gasteiger partial charge in [0.2, 0.25) is 6.04 Å². The minimum absolute atomic E-state index is 0.154. The Morgan fingerprint density at radius 1 is 1.38 bits per heavy atom. The normalized spacial score (nSPS) is 26.4. The summed E-state index contributed by atoms with van der Waals surface area (Å²) in [6, 6.07) is 5.90. The van der Waals surface area contributed by atoms with Crippen LogP contribution in [0.25, 0.3) is 0 Å². The van der Waals surface area contributed by atoms with E-state index in [1.54, 1.807) is 6.20 Å². The number of ether oxygens (including phenoxy) is 1. The van der Waals surface area contributed by atoms with Crippen LogP contribution in [-0.4, -0.2) is 30.9 Å². The lowest BCUT2D eigenvalue weighted by Gasteiger charge is -2.32. The second-order valence-electron chi connectivity index (χ2n) is 6.83. The third-order valence-electron chi connectivity index (χ3n) is 4.05. The molecule has 1 aromatic rings. The third kappa shape index (κ3) is 2.29. The summed E-state index contributed by atoms with van der Waals surface area (Å²) >= 11 is 0. The van der Waals surface area contributed by atoms with E-state index in [-0.39, 0.29) is 12.0 Å². The first-order valence-corrected chi connectivity index (χ1v) is 7.23. The molecule has 1 aromatic carbocycles. The molecular formula is C17H21N2O2+. The number of rotatable bonds is 1. The molecule has 2 unspecified atom stereocenters. The molecule has 0 aromatic heterocycles. The van der Waals surface area contributed by atoms with E-state index in [0.717, 1.165) is 11.3 Å². The third-order valence-corrected chi connectivity index (χ3v) is 4.05. The lowest BCUT2D eigenvalue weighted by atomic mass is 10.1. The largest absolute Gasteiger partial charge is 0.456 e. The van der Waals surface area contributed by atoms with Crippen molar-refractivity contribution >= 4 is 17.9 Å². The minimum atomic E-state index is -0.472. The zero-order chi connectivity index (χ0) is 15.3. The fourth-order valence-electron chi connectivity index (χ4n) is 3.17. The first-order chi connectivity index (χ1) is 9.81. The van der Waals surface area contributed by atoms with E-state index in [0.29, 0.717) is 10.9 Å². The molecule has 2 aliphatic rings. The Hall–Kier alpha value is -1.94. The molecule has 4 heteroatoms. The van der Waals surface area contributed by atoms with E-state index in [9.17, 15) is 4.79 Å². The molecular weight excluding hydrogens is 264 g/mol.